The maximum atomic E-state index is 11.2. The topological polar surface area (TPSA) is 87.3 Å². The number of nitrogens with one attached hydrogen (secondary N) is 2. The number of oxazole rings is 1. The molecule has 1 fully saturated rings. The van der Waals surface area contributed by atoms with Gasteiger partial charge >= 0.3 is 5.76 Å². The number of piperidine rings is 1. The number of hydrogen-bond acceptors (Lipinski definition) is 5. The number of fused-ring (bicyclic) bond motifs is 1. The lowest BCUT2D eigenvalue weighted by Gasteiger charge is -2.32. The predicted octanol–water partition coefficient (Wildman–Crippen LogP) is 1.99. The Kier molecular flexibility index (Phi) is 3.88. The van der Waals surface area contributed by atoms with Crippen LogP contribution in [0.1, 0.15) is 26.2 Å². The Morgan fingerprint density at radius 1 is 1.43 bits per heavy atom. The maximum absolute atomic E-state index is 11.2. The van der Waals surface area contributed by atoms with Crippen LogP contribution in [-0.2, 0) is 0 Å². The van der Waals surface area contributed by atoms with E-state index in [1.54, 1.807) is 6.07 Å². The van der Waals surface area contributed by atoms with Gasteiger partial charge < -0.3 is 20.4 Å². The number of H-pyrrole nitrogens is 1. The molecule has 1 saturated heterocycles. The molecule has 2 heterocycles. The molecule has 3 rings (SSSR count). The molecule has 2 aromatic rings. The van der Waals surface area contributed by atoms with Crippen LogP contribution < -0.4 is 16.8 Å². The molecule has 4 N–H and O–H groups in total. The largest absolute Gasteiger partial charge is 0.417 e. The van der Waals surface area contributed by atoms with Gasteiger partial charge in [-0.2, -0.15) is 0 Å². The summed E-state index contributed by atoms with van der Waals surface area (Å²) in [5.74, 6) is -0.450. The van der Waals surface area contributed by atoms with Crippen molar-refractivity contribution in [2.45, 2.75) is 32.2 Å². The lowest BCUT2D eigenvalue weighted by molar-refractivity contribution is 0.219. The Hall–Kier alpha value is -1.95. The van der Waals surface area contributed by atoms with E-state index in [0.717, 1.165) is 31.6 Å². The van der Waals surface area contributed by atoms with Gasteiger partial charge in [-0.15, -0.1) is 0 Å². The van der Waals surface area contributed by atoms with Gasteiger partial charge in [0, 0.05) is 25.2 Å². The number of nitrogens with two attached hydrogens (primary N) is 1. The van der Waals surface area contributed by atoms with Gasteiger partial charge in [-0.05, 0) is 31.9 Å². The minimum atomic E-state index is -0.450. The monoisotopic (exact) mass is 290 g/mol. The molecule has 1 aromatic heterocycles. The predicted molar refractivity (Wildman–Crippen MR) is 84.6 cm³/mol. The third-order valence-electron chi connectivity index (χ3n) is 4.08. The Morgan fingerprint density at radius 3 is 2.90 bits per heavy atom. The molecule has 21 heavy (non-hydrogen) atoms. The first kappa shape index (κ1) is 14.0. The van der Waals surface area contributed by atoms with Crippen molar-refractivity contribution in [1.29, 1.82) is 0 Å². The number of nitrogen functional groups attached to an aromatic ring is 1. The standard InChI is InChI=1S/C15H22N4O2/c1-2-5-19-6-3-10(4-7-19)17-12-9-13-14(8-11(12)16)21-15(20)18-13/h8-10,17H,2-7,16H2,1H3,(H,18,20). The van der Waals surface area contributed by atoms with Crippen molar-refractivity contribution in [3.63, 3.8) is 0 Å². The number of anilines is 2. The number of benzene rings is 1. The highest BCUT2D eigenvalue weighted by atomic mass is 16.4. The van der Waals surface area contributed by atoms with E-state index in [9.17, 15) is 4.79 Å². The molecule has 6 heteroatoms. The Morgan fingerprint density at radius 2 is 2.19 bits per heavy atom. The quantitative estimate of drug-likeness (QED) is 0.750. The molecular formula is C15H22N4O2. The summed E-state index contributed by atoms with van der Waals surface area (Å²) in [7, 11) is 0. The molecule has 0 unspecified atom stereocenters. The van der Waals surface area contributed by atoms with E-state index in [0.29, 0.717) is 22.8 Å². The van der Waals surface area contributed by atoms with Crippen LogP contribution in [0.25, 0.3) is 11.1 Å². The van der Waals surface area contributed by atoms with Crippen LogP contribution in [-0.4, -0.2) is 35.6 Å². The lowest BCUT2D eigenvalue weighted by Crippen LogP contribution is -2.39. The minimum absolute atomic E-state index is 0.427. The number of aromatic nitrogens is 1. The molecule has 0 atom stereocenters. The van der Waals surface area contributed by atoms with E-state index < -0.39 is 5.76 Å². The highest BCUT2D eigenvalue weighted by Crippen LogP contribution is 2.26. The summed E-state index contributed by atoms with van der Waals surface area (Å²) in [6.07, 6.45) is 3.42. The van der Waals surface area contributed by atoms with E-state index in [2.05, 4.69) is 22.1 Å². The molecule has 0 radical (unpaired) electrons. The number of rotatable bonds is 4. The fraction of sp³-hybridized carbons (Fsp3) is 0.533. The zero-order valence-electron chi connectivity index (χ0n) is 12.3. The highest BCUT2D eigenvalue weighted by molar-refractivity contribution is 5.85. The van der Waals surface area contributed by atoms with Crippen molar-refractivity contribution in [2.75, 3.05) is 30.7 Å². The fourth-order valence-corrected chi connectivity index (χ4v) is 2.98. The average Bonchev–Trinajstić information content (AvgIpc) is 2.81. The number of hydrogen-bond donors (Lipinski definition) is 3. The van der Waals surface area contributed by atoms with Crippen LogP contribution in [0.4, 0.5) is 11.4 Å². The van der Waals surface area contributed by atoms with Gasteiger partial charge in [0.1, 0.15) is 0 Å². The normalized spacial score (nSPS) is 17.4. The maximum Gasteiger partial charge on any atom is 0.417 e. The summed E-state index contributed by atoms with van der Waals surface area (Å²) < 4.78 is 5.01. The third-order valence-corrected chi connectivity index (χ3v) is 4.08. The van der Waals surface area contributed by atoms with E-state index in [1.165, 1.54) is 13.0 Å². The van der Waals surface area contributed by atoms with Crippen LogP contribution >= 0.6 is 0 Å². The summed E-state index contributed by atoms with van der Waals surface area (Å²) in [4.78, 5) is 16.4. The van der Waals surface area contributed by atoms with Crippen molar-refractivity contribution in [3.05, 3.63) is 22.7 Å². The van der Waals surface area contributed by atoms with E-state index >= 15 is 0 Å². The first-order chi connectivity index (χ1) is 10.2. The second kappa shape index (κ2) is 5.81. The van der Waals surface area contributed by atoms with Crippen LogP contribution in [0.3, 0.4) is 0 Å². The molecule has 114 valence electrons. The Balaban J connectivity index is 1.70. The first-order valence-corrected chi connectivity index (χ1v) is 7.57. The molecular weight excluding hydrogens is 268 g/mol. The number of nitrogens with zero attached hydrogens (tertiary/aromatic N) is 1. The third kappa shape index (κ3) is 3.05. The molecule has 1 aromatic carbocycles. The fourth-order valence-electron chi connectivity index (χ4n) is 2.98. The van der Waals surface area contributed by atoms with Gasteiger partial charge in [-0.3, -0.25) is 4.98 Å². The molecule has 0 amide bonds. The molecule has 6 nitrogen and oxygen atoms in total. The summed E-state index contributed by atoms with van der Waals surface area (Å²) in [6.45, 7) is 5.63. The average molecular weight is 290 g/mol. The summed E-state index contributed by atoms with van der Waals surface area (Å²) >= 11 is 0. The molecule has 0 aliphatic carbocycles. The van der Waals surface area contributed by atoms with Gasteiger partial charge in [-0.1, -0.05) is 6.92 Å². The molecule has 0 bridgehead atoms. The number of aromatic amines is 1. The van der Waals surface area contributed by atoms with Crippen LogP contribution in [0.5, 0.6) is 0 Å². The molecule has 0 saturated carbocycles. The summed E-state index contributed by atoms with van der Waals surface area (Å²) in [5.41, 5.74) is 8.70. The van der Waals surface area contributed by atoms with Crippen LogP contribution in [0, 0.1) is 0 Å². The van der Waals surface area contributed by atoms with Gasteiger partial charge in [0.25, 0.3) is 0 Å². The van der Waals surface area contributed by atoms with Crippen molar-refractivity contribution in [1.82, 2.24) is 9.88 Å². The smallest absolute Gasteiger partial charge is 0.408 e. The second-order valence-corrected chi connectivity index (χ2v) is 5.71. The Bertz CT molecular complexity index is 668. The highest BCUT2D eigenvalue weighted by Gasteiger charge is 2.19. The zero-order valence-corrected chi connectivity index (χ0v) is 12.3. The van der Waals surface area contributed by atoms with Crippen molar-refractivity contribution in [3.8, 4) is 0 Å². The van der Waals surface area contributed by atoms with Crippen molar-refractivity contribution >= 4 is 22.5 Å². The summed E-state index contributed by atoms with van der Waals surface area (Å²) in [5, 5.41) is 3.50. The SMILES string of the molecule is CCCN1CCC(Nc2cc3[nH]c(=O)oc3cc2N)CC1. The molecule has 0 spiro atoms. The summed E-state index contributed by atoms with van der Waals surface area (Å²) in [6, 6.07) is 3.98. The van der Waals surface area contributed by atoms with Gasteiger partial charge in [0.15, 0.2) is 5.58 Å². The van der Waals surface area contributed by atoms with E-state index in [1.807, 2.05) is 6.07 Å². The molecule has 1 aliphatic heterocycles. The van der Waals surface area contributed by atoms with Crippen LogP contribution in [0.15, 0.2) is 21.3 Å². The van der Waals surface area contributed by atoms with Gasteiger partial charge in [-0.25, -0.2) is 4.79 Å². The van der Waals surface area contributed by atoms with Crippen LogP contribution in [0.2, 0.25) is 0 Å². The molecule has 1 aliphatic rings. The van der Waals surface area contributed by atoms with Gasteiger partial charge in [0.05, 0.1) is 16.9 Å². The van der Waals surface area contributed by atoms with Gasteiger partial charge in [0.2, 0.25) is 0 Å². The first-order valence-electron chi connectivity index (χ1n) is 7.57. The van der Waals surface area contributed by atoms with E-state index in [-0.39, 0.29) is 0 Å². The Labute approximate surface area is 123 Å². The zero-order chi connectivity index (χ0) is 14.8. The van der Waals surface area contributed by atoms with E-state index in [4.69, 9.17) is 10.2 Å². The lowest BCUT2D eigenvalue weighted by atomic mass is 10.0. The van der Waals surface area contributed by atoms with Crippen molar-refractivity contribution in [2.24, 2.45) is 0 Å². The van der Waals surface area contributed by atoms with Crippen molar-refractivity contribution < 1.29 is 4.42 Å². The number of likely N-dealkylation sites (tertiary alicyclic amines) is 1. The minimum Gasteiger partial charge on any atom is -0.408 e. The second-order valence-electron chi connectivity index (χ2n) is 5.71.